The van der Waals surface area contributed by atoms with Gasteiger partial charge in [-0.25, -0.2) is 15.0 Å². The highest BCUT2D eigenvalue weighted by molar-refractivity contribution is 5.85. The van der Waals surface area contributed by atoms with E-state index in [1.807, 2.05) is 6.33 Å². The molecule has 2 heterocycles. The van der Waals surface area contributed by atoms with Crippen LogP contribution in [0.4, 0.5) is 5.82 Å². The molecule has 0 aliphatic carbocycles. The van der Waals surface area contributed by atoms with Crippen LogP contribution < -0.4 is 5.73 Å². The number of fused-ring (bicyclic) bond motifs is 1. The first-order valence-electron chi connectivity index (χ1n) is 7.24. The van der Waals surface area contributed by atoms with Crippen molar-refractivity contribution in [2.45, 2.75) is 58.4 Å². The number of rotatable bonds is 8. The maximum atomic E-state index is 5.87. The monoisotopic (exact) mass is 297 g/mol. The van der Waals surface area contributed by atoms with Crippen LogP contribution in [-0.2, 0) is 6.54 Å². The van der Waals surface area contributed by atoms with E-state index in [4.69, 9.17) is 5.73 Å². The third kappa shape index (κ3) is 4.34. The standard InChI is InChI=1S/C14H23N5.ClH/c1-2-3-4-5-6-7-8-9-19-11-18-14-12(19)13(15)16-10-17-14;/h10-11H,2-9H2,1H3,(H2,15,16,17);1H. The molecule has 0 saturated carbocycles. The first kappa shape index (κ1) is 16.7. The minimum atomic E-state index is 0. The number of unbranched alkanes of at least 4 members (excludes halogenated alkanes) is 6. The number of anilines is 1. The maximum Gasteiger partial charge on any atom is 0.182 e. The van der Waals surface area contributed by atoms with Crippen LogP contribution in [0.5, 0.6) is 0 Å². The van der Waals surface area contributed by atoms with Gasteiger partial charge in [-0.2, -0.15) is 0 Å². The topological polar surface area (TPSA) is 69.6 Å². The van der Waals surface area contributed by atoms with Crippen molar-refractivity contribution in [1.29, 1.82) is 0 Å². The van der Waals surface area contributed by atoms with Crippen molar-refractivity contribution >= 4 is 29.4 Å². The number of aryl methyl sites for hydroxylation is 1. The first-order valence-corrected chi connectivity index (χ1v) is 7.24. The molecule has 112 valence electrons. The maximum absolute atomic E-state index is 5.87. The van der Waals surface area contributed by atoms with E-state index < -0.39 is 0 Å². The number of imidazole rings is 1. The second-order valence-corrected chi connectivity index (χ2v) is 4.99. The summed E-state index contributed by atoms with van der Waals surface area (Å²) < 4.78 is 2.07. The van der Waals surface area contributed by atoms with E-state index in [2.05, 4.69) is 26.4 Å². The van der Waals surface area contributed by atoms with Crippen LogP contribution in [0, 0.1) is 0 Å². The zero-order chi connectivity index (χ0) is 13.5. The number of hydrogen-bond acceptors (Lipinski definition) is 4. The van der Waals surface area contributed by atoms with Gasteiger partial charge in [0.05, 0.1) is 6.33 Å². The predicted molar refractivity (Wildman–Crippen MR) is 85.0 cm³/mol. The summed E-state index contributed by atoms with van der Waals surface area (Å²) in [7, 11) is 0. The molecule has 0 atom stereocenters. The van der Waals surface area contributed by atoms with Crippen molar-refractivity contribution in [2.24, 2.45) is 0 Å². The van der Waals surface area contributed by atoms with Crippen LogP contribution >= 0.6 is 12.4 Å². The fraction of sp³-hybridized carbons (Fsp3) is 0.643. The van der Waals surface area contributed by atoms with Crippen molar-refractivity contribution < 1.29 is 0 Å². The number of aromatic nitrogens is 4. The van der Waals surface area contributed by atoms with Crippen molar-refractivity contribution in [3.63, 3.8) is 0 Å². The Morgan fingerprint density at radius 1 is 1.00 bits per heavy atom. The summed E-state index contributed by atoms with van der Waals surface area (Å²) in [6.07, 6.45) is 12.4. The molecule has 2 aromatic heterocycles. The van der Waals surface area contributed by atoms with E-state index in [9.17, 15) is 0 Å². The molecular weight excluding hydrogens is 274 g/mol. The van der Waals surface area contributed by atoms with Crippen LogP contribution in [-0.4, -0.2) is 19.5 Å². The Hall–Kier alpha value is -1.36. The Morgan fingerprint density at radius 3 is 2.45 bits per heavy atom. The SMILES string of the molecule is CCCCCCCCCn1cnc2ncnc(N)c21.Cl. The van der Waals surface area contributed by atoms with Gasteiger partial charge in [0.15, 0.2) is 11.5 Å². The van der Waals surface area contributed by atoms with Gasteiger partial charge in [-0.3, -0.25) is 0 Å². The molecule has 0 unspecified atom stereocenters. The molecule has 0 radical (unpaired) electrons. The molecule has 0 saturated heterocycles. The summed E-state index contributed by atoms with van der Waals surface area (Å²) in [4.78, 5) is 12.4. The highest BCUT2D eigenvalue weighted by Gasteiger charge is 2.07. The molecule has 0 bridgehead atoms. The summed E-state index contributed by atoms with van der Waals surface area (Å²) in [6.45, 7) is 3.19. The molecule has 5 nitrogen and oxygen atoms in total. The molecule has 0 aliphatic rings. The fourth-order valence-electron chi connectivity index (χ4n) is 2.34. The zero-order valence-electron chi connectivity index (χ0n) is 12.1. The lowest BCUT2D eigenvalue weighted by Crippen LogP contribution is -2.01. The van der Waals surface area contributed by atoms with Crippen LogP contribution in [0.3, 0.4) is 0 Å². The van der Waals surface area contributed by atoms with Crippen LogP contribution in [0.2, 0.25) is 0 Å². The quantitative estimate of drug-likeness (QED) is 0.756. The summed E-state index contributed by atoms with van der Waals surface area (Å²) >= 11 is 0. The molecule has 6 heteroatoms. The number of nitrogen functional groups attached to an aromatic ring is 1. The van der Waals surface area contributed by atoms with Crippen molar-refractivity contribution in [3.8, 4) is 0 Å². The Kier molecular flexibility index (Phi) is 7.30. The van der Waals surface area contributed by atoms with E-state index in [-0.39, 0.29) is 12.4 Å². The lowest BCUT2D eigenvalue weighted by Gasteiger charge is -2.05. The average molecular weight is 298 g/mol. The van der Waals surface area contributed by atoms with E-state index in [1.54, 1.807) is 0 Å². The molecular formula is C14H24ClN5. The van der Waals surface area contributed by atoms with Crippen LogP contribution in [0.25, 0.3) is 11.2 Å². The predicted octanol–water partition coefficient (Wildman–Crippen LogP) is 3.58. The largest absolute Gasteiger partial charge is 0.382 e. The minimum absolute atomic E-state index is 0. The van der Waals surface area contributed by atoms with Crippen molar-refractivity contribution in [3.05, 3.63) is 12.7 Å². The van der Waals surface area contributed by atoms with E-state index >= 15 is 0 Å². The highest BCUT2D eigenvalue weighted by atomic mass is 35.5. The Bertz CT molecular complexity index is 511. The smallest absolute Gasteiger partial charge is 0.182 e. The molecule has 0 fully saturated rings. The zero-order valence-corrected chi connectivity index (χ0v) is 12.9. The van der Waals surface area contributed by atoms with Crippen LogP contribution in [0.1, 0.15) is 51.9 Å². The van der Waals surface area contributed by atoms with Gasteiger partial charge >= 0.3 is 0 Å². The number of halogens is 1. The van der Waals surface area contributed by atoms with Gasteiger partial charge in [-0.1, -0.05) is 45.4 Å². The van der Waals surface area contributed by atoms with Gasteiger partial charge in [0.25, 0.3) is 0 Å². The lowest BCUT2D eigenvalue weighted by atomic mass is 10.1. The van der Waals surface area contributed by atoms with Gasteiger partial charge < -0.3 is 10.3 Å². The lowest BCUT2D eigenvalue weighted by molar-refractivity contribution is 0.555. The molecule has 2 aromatic rings. The highest BCUT2D eigenvalue weighted by Crippen LogP contribution is 2.16. The van der Waals surface area contributed by atoms with Gasteiger partial charge in [0.2, 0.25) is 0 Å². The normalized spacial score (nSPS) is 10.7. The van der Waals surface area contributed by atoms with Gasteiger partial charge in [-0.15, -0.1) is 12.4 Å². The van der Waals surface area contributed by atoms with Crippen molar-refractivity contribution in [1.82, 2.24) is 19.5 Å². The summed E-state index contributed by atoms with van der Waals surface area (Å²) in [5.74, 6) is 0.519. The molecule has 0 amide bonds. The first-order chi connectivity index (χ1) is 9.33. The Balaban J connectivity index is 0.00000200. The summed E-state index contributed by atoms with van der Waals surface area (Å²) in [5, 5.41) is 0. The molecule has 2 N–H and O–H groups in total. The van der Waals surface area contributed by atoms with Crippen molar-refractivity contribution in [2.75, 3.05) is 5.73 Å². The second-order valence-electron chi connectivity index (χ2n) is 4.99. The van der Waals surface area contributed by atoms with Gasteiger partial charge in [0.1, 0.15) is 11.8 Å². The number of hydrogen-bond donors (Lipinski definition) is 1. The number of nitrogens with two attached hydrogens (primary N) is 1. The molecule has 0 aliphatic heterocycles. The number of nitrogens with zero attached hydrogens (tertiary/aromatic N) is 4. The van der Waals surface area contributed by atoms with Crippen LogP contribution in [0.15, 0.2) is 12.7 Å². The molecule has 0 aromatic carbocycles. The second kappa shape index (κ2) is 8.74. The molecule has 2 rings (SSSR count). The average Bonchev–Trinajstić information content (AvgIpc) is 2.82. The van der Waals surface area contributed by atoms with E-state index in [1.165, 1.54) is 44.9 Å². The Morgan fingerprint density at radius 2 is 1.70 bits per heavy atom. The van der Waals surface area contributed by atoms with Gasteiger partial charge in [0, 0.05) is 6.54 Å². The third-order valence-electron chi connectivity index (χ3n) is 3.44. The Labute approximate surface area is 126 Å². The van der Waals surface area contributed by atoms with E-state index in [0.717, 1.165) is 18.5 Å². The summed E-state index contributed by atoms with van der Waals surface area (Å²) in [6, 6.07) is 0. The third-order valence-corrected chi connectivity index (χ3v) is 3.44. The minimum Gasteiger partial charge on any atom is -0.382 e. The summed E-state index contributed by atoms with van der Waals surface area (Å²) in [5.41, 5.74) is 7.43. The van der Waals surface area contributed by atoms with Gasteiger partial charge in [-0.05, 0) is 6.42 Å². The molecule has 0 spiro atoms. The molecule has 20 heavy (non-hydrogen) atoms. The fourth-order valence-corrected chi connectivity index (χ4v) is 2.34. The van der Waals surface area contributed by atoms with E-state index in [0.29, 0.717) is 11.5 Å².